The van der Waals surface area contributed by atoms with Gasteiger partial charge in [-0.05, 0) is 44.2 Å². The number of aromatic nitrogens is 2. The van der Waals surface area contributed by atoms with Crippen LogP contribution in [0.25, 0.3) is 6.08 Å². The van der Waals surface area contributed by atoms with Crippen LogP contribution in [0, 0.1) is 13.8 Å². The summed E-state index contributed by atoms with van der Waals surface area (Å²) in [5, 5.41) is 7.22. The summed E-state index contributed by atoms with van der Waals surface area (Å²) in [4.78, 5) is 12.3. The molecule has 132 valence electrons. The van der Waals surface area contributed by atoms with Crippen LogP contribution in [0.1, 0.15) is 17.0 Å². The number of aryl methyl sites for hydroxylation is 2. The van der Waals surface area contributed by atoms with Gasteiger partial charge in [-0.2, -0.15) is 5.10 Å². The van der Waals surface area contributed by atoms with E-state index in [0.29, 0.717) is 17.2 Å². The molecule has 0 aliphatic carbocycles. The number of nitrogens with one attached hydrogen (secondary N) is 1. The van der Waals surface area contributed by atoms with Crippen molar-refractivity contribution < 1.29 is 9.53 Å². The third-order valence-corrected chi connectivity index (χ3v) is 4.08. The molecule has 0 aliphatic heterocycles. The summed E-state index contributed by atoms with van der Waals surface area (Å²) < 4.78 is 7.66. The van der Waals surface area contributed by atoms with Crippen LogP contribution in [0.5, 0.6) is 11.5 Å². The molecule has 0 aliphatic rings. The molecule has 5 nitrogen and oxygen atoms in total. The lowest BCUT2D eigenvalue weighted by molar-refractivity contribution is -0.111. The summed E-state index contributed by atoms with van der Waals surface area (Å²) in [5.41, 5.74) is 3.48. The highest BCUT2D eigenvalue weighted by Gasteiger charge is 2.09. The van der Waals surface area contributed by atoms with Crippen LogP contribution in [-0.4, -0.2) is 15.7 Å². The zero-order valence-electron chi connectivity index (χ0n) is 15.1. The standard InChI is InChI=1S/C21H21N3O2/c1-15-18(16(2)24(3)23-15)13-14-21(25)22-19-11-7-8-12-20(19)26-17-9-5-4-6-10-17/h4-14H,1-3H3,(H,22,25)/b14-13+. The number of hydrogen-bond acceptors (Lipinski definition) is 3. The van der Waals surface area contributed by atoms with Gasteiger partial charge in [0.2, 0.25) is 5.91 Å². The zero-order valence-corrected chi connectivity index (χ0v) is 15.1. The van der Waals surface area contributed by atoms with Gasteiger partial charge in [0.1, 0.15) is 5.75 Å². The summed E-state index contributed by atoms with van der Waals surface area (Å²) in [7, 11) is 1.89. The fourth-order valence-electron chi connectivity index (χ4n) is 2.64. The minimum absolute atomic E-state index is 0.225. The molecule has 0 atom stereocenters. The van der Waals surface area contributed by atoms with Gasteiger partial charge in [-0.3, -0.25) is 9.48 Å². The molecule has 0 saturated heterocycles. The predicted octanol–water partition coefficient (Wildman–Crippen LogP) is 4.48. The van der Waals surface area contributed by atoms with Crippen LogP contribution >= 0.6 is 0 Å². The van der Waals surface area contributed by atoms with Gasteiger partial charge in [0.15, 0.2) is 5.75 Å². The molecule has 1 heterocycles. The average Bonchev–Trinajstić information content (AvgIpc) is 2.88. The van der Waals surface area contributed by atoms with Gasteiger partial charge in [-0.1, -0.05) is 30.3 Å². The number of amides is 1. The van der Waals surface area contributed by atoms with E-state index in [2.05, 4.69) is 10.4 Å². The third-order valence-electron chi connectivity index (χ3n) is 4.08. The maximum absolute atomic E-state index is 12.3. The molecule has 0 radical (unpaired) electrons. The van der Waals surface area contributed by atoms with Gasteiger partial charge in [-0.15, -0.1) is 0 Å². The number of carbonyl (C=O) groups is 1. The van der Waals surface area contributed by atoms with E-state index in [1.165, 1.54) is 6.08 Å². The van der Waals surface area contributed by atoms with Gasteiger partial charge < -0.3 is 10.1 Å². The van der Waals surface area contributed by atoms with E-state index in [1.807, 2.05) is 75.5 Å². The van der Waals surface area contributed by atoms with E-state index in [9.17, 15) is 4.79 Å². The fourth-order valence-corrected chi connectivity index (χ4v) is 2.64. The first-order valence-corrected chi connectivity index (χ1v) is 8.36. The van der Waals surface area contributed by atoms with Gasteiger partial charge >= 0.3 is 0 Å². The second kappa shape index (κ2) is 7.70. The highest BCUT2D eigenvalue weighted by Crippen LogP contribution is 2.29. The lowest BCUT2D eigenvalue weighted by Gasteiger charge is -2.11. The predicted molar refractivity (Wildman–Crippen MR) is 103 cm³/mol. The Morgan fingerprint density at radius 1 is 1.08 bits per heavy atom. The Bertz CT molecular complexity index is 943. The Hall–Kier alpha value is -3.34. The first-order valence-electron chi connectivity index (χ1n) is 8.36. The molecule has 2 aromatic carbocycles. The van der Waals surface area contributed by atoms with E-state index in [1.54, 1.807) is 10.8 Å². The second-order valence-corrected chi connectivity index (χ2v) is 5.94. The van der Waals surface area contributed by atoms with Crippen LogP contribution < -0.4 is 10.1 Å². The fraction of sp³-hybridized carbons (Fsp3) is 0.143. The van der Waals surface area contributed by atoms with Crippen LogP contribution in [-0.2, 0) is 11.8 Å². The summed E-state index contributed by atoms with van der Waals surface area (Å²) in [6.45, 7) is 3.90. The first-order chi connectivity index (χ1) is 12.5. The number of ether oxygens (including phenoxy) is 1. The van der Waals surface area contributed by atoms with Crippen molar-refractivity contribution in [3.05, 3.63) is 77.6 Å². The Morgan fingerprint density at radius 2 is 1.77 bits per heavy atom. The van der Waals surface area contributed by atoms with Crippen LogP contribution in [0.2, 0.25) is 0 Å². The number of nitrogens with zero attached hydrogens (tertiary/aromatic N) is 2. The number of hydrogen-bond donors (Lipinski definition) is 1. The minimum atomic E-state index is -0.225. The van der Waals surface area contributed by atoms with E-state index in [-0.39, 0.29) is 5.91 Å². The molecule has 1 aromatic heterocycles. The summed E-state index contributed by atoms with van der Waals surface area (Å²) in [6.07, 6.45) is 3.30. The third kappa shape index (κ3) is 4.00. The maximum atomic E-state index is 12.3. The Morgan fingerprint density at radius 3 is 2.46 bits per heavy atom. The van der Waals surface area contributed by atoms with E-state index >= 15 is 0 Å². The summed E-state index contributed by atoms with van der Waals surface area (Å²) >= 11 is 0. The van der Waals surface area contributed by atoms with Crippen molar-refractivity contribution in [2.24, 2.45) is 7.05 Å². The van der Waals surface area contributed by atoms with E-state index in [0.717, 1.165) is 17.0 Å². The van der Waals surface area contributed by atoms with Crippen molar-refractivity contribution in [1.29, 1.82) is 0 Å². The smallest absolute Gasteiger partial charge is 0.248 e. The van der Waals surface area contributed by atoms with Crippen molar-refractivity contribution in [2.75, 3.05) is 5.32 Å². The van der Waals surface area contributed by atoms with Crippen molar-refractivity contribution in [1.82, 2.24) is 9.78 Å². The van der Waals surface area contributed by atoms with Gasteiger partial charge in [-0.25, -0.2) is 0 Å². The summed E-state index contributed by atoms with van der Waals surface area (Å²) in [5.74, 6) is 1.08. The maximum Gasteiger partial charge on any atom is 0.248 e. The lowest BCUT2D eigenvalue weighted by Crippen LogP contribution is -2.08. The Balaban J connectivity index is 1.74. The average molecular weight is 347 g/mol. The molecular formula is C21H21N3O2. The lowest BCUT2D eigenvalue weighted by atomic mass is 10.2. The number of para-hydroxylation sites is 3. The van der Waals surface area contributed by atoms with E-state index < -0.39 is 0 Å². The molecule has 0 bridgehead atoms. The molecule has 0 fully saturated rings. The monoisotopic (exact) mass is 347 g/mol. The molecule has 26 heavy (non-hydrogen) atoms. The molecule has 3 aromatic rings. The van der Waals surface area contributed by atoms with Crippen molar-refractivity contribution >= 4 is 17.7 Å². The van der Waals surface area contributed by atoms with Crippen LogP contribution in [0.15, 0.2) is 60.7 Å². The number of anilines is 1. The van der Waals surface area contributed by atoms with E-state index in [4.69, 9.17) is 4.74 Å². The van der Waals surface area contributed by atoms with Gasteiger partial charge in [0.25, 0.3) is 0 Å². The van der Waals surface area contributed by atoms with Gasteiger partial charge in [0.05, 0.1) is 11.4 Å². The summed E-state index contributed by atoms with van der Waals surface area (Å²) in [6, 6.07) is 16.8. The number of benzene rings is 2. The van der Waals surface area contributed by atoms with Crippen molar-refractivity contribution in [3.8, 4) is 11.5 Å². The Labute approximate surface area is 152 Å². The molecule has 0 spiro atoms. The SMILES string of the molecule is Cc1nn(C)c(C)c1/C=C/C(=O)Nc1ccccc1Oc1ccccc1. The quantitative estimate of drug-likeness (QED) is 0.692. The van der Waals surface area contributed by atoms with Crippen molar-refractivity contribution in [3.63, 3.8) is 0 Å². The van der Waals surface area contributed by atoms with Gasteiger partial charge in [0, 0.05) is 24.4 Å². The molecule has 5 heteroatoms. The van der Waals surface area contributed by atoms with Crippen molar-refractivity contribution in [2.45, 2.75) is 13.8 Å². The first kappa shape index (κ1) is 17.5. The molecule has 0 saturated carbocycles. The van der Waals surface area contributed by atoms with Crippen LogP contribution in [0.3, 0.4) is 0 Å². The zero-order chi connectivity index (χ0) is 18.5. The molecule has 1 amide bonds. The highest BCUT2D eigenvalue weighted by molar-refractivity contribution is 6.02. The molecular weight excluding hydrogens is 326 g/mol. The van der Waals surface area contributed by atoms with Crippen LogP contribution in [0.4, 0.5) is 5.69 Å². The largest absolute Gasteiger partial charge is 0.455 e. The Kier molecular flexibility index (Phi) is 5.17. The normalized spacial score (nSPS) is 10.9. The molecule has 3 rings (SSSR count). The molecule has 1 N–H and O–H groups in total. The number of rotatable bonds is 5. The number of carbonyl (C=O) groups excluding carboxylic acids is 1. The minimum Gasteiger partial charge on any atom is -0.455 e. The second-order valence-electron chi connectivity index (χ2n) is 5.94. The topological polar surface area (TPSA) is 56.2 Å². The molecule has 0 unspecified atom stereocenters. The highest BCUT2D eigenvalue weighted by atomic mass is 16.5.